The van der Waals surface area contributed by atoms with Gasteiger partial charge in [-0.2, -0.15) is 0 Å². The summed E-state index contributed by atoms with van der Waals surface area (Å²) in [5.41, 5.74) is 0. The van der Waals surface area contributed by atoms with Gasteiger partial charge in [-0.3, -0.25) is 0 Å². The molecule has 84 valence electrons. The second-order valence-corrected chi connectivity index (χ2v) is 4.54. The molecule has 0 aromatic rings. The van der Waals surface area contributed by atoms with E-state index in [0.29, 0.717) is 18.6 Å². The molecule has 1 rings (SSSR count). The molecule has 1 fully saturated rings. The molecule has 2 atom stereocenters. The zero-order chi connectivity index (χ0) is 10.4. The molecule has 0 spiro atoms. The van der Waals surface area contributed by atoms with Crippen molar-refractivity contribution in [1.29, 1.82) is 0 Å². The molecule has 1 aliphatic heterocycles. The van der Waals surface area contributed by atoms with E-state index in [1.807, 2.05) is 0 Å². The molecular formula is C11H24N2O. The third-order valence-electron chi connectivity index (χ3n) is 2.80. The Balaban J connectivity index is 2.23. The zero-order valence-corrected chi connectivity index (χ0v) is 9.42. The summed E-state index contributed by atoms with van der Waals surface area (Å²) in [6.07, 6.45) is 4.67. The second-order valence-electron chi connectivity index (χ2n) is 4.54. The third kappa shape index (κ3) is 4.40. The van der Waals surface area contributed by atoms with Crippen molar-refractivity contribution >= 4 is 0 Å². The predicted molar refractivity (Wildman–Crippen MR) is 59.4 cm³/mol. The topological polar surface area (TPSA) is 44.3 Å². The Labute approximate surface area is 87.3 Å². The fraction of sp³-hybridized carbons (Fsp3) is 1.00. The Morgan fingerprint density at radius 3 is 2.86 bits per heavy atom. The molecule has 2 unspecified atom stereocenters. The SMILES string of the molecule is CC(C)NCC(O)C1CCCCCN1. The minimum absolute atomic E-state index is 0.240. The highest BCUT2D eigenvalue weighted by molar-refractivity contribution is 4.80. The van der Waals surface area contributed by atoms with Gasteiger partial charge in [0.25, 0.3) is 0 Å². The van der Waals surface area contributed by atoms with Crippen molar-refractivity contribution in [3.8, 4) is 0 Å². The highest BCUT2D eigenvalue weighted by atomic mass is 16.3. The molecule has 0 saturated carbocycles. The van der Waals surface area contributed by atoms with Crippen molar-refractivity contribution in [2.75, 3.05) is 13.1 Å². The summed E-state index contributed by atoms with van der Waals surface area (Å²) in [5, 5.41) is 16.6. The Bertz CT molecular complexity index is 142. The molecule has 0 bridgehead atoms. The first-order valence-corrected chi connectivity index (χ1v) is 5.85. The van der Waals surface area contributed by atoms with Gasteiger partial charge in [0.15, 0.2) is 0 Å². The first-order valence-electron chi connectivity index (χ1n) is 5.85. The van der Waals surface area contributed by atoms with Gasteiger partial charge in [-0.05, 0) is 19.4 Å². The van der Waals surface area contributed by atoms with Crippen LogP contribution in [0.25, 0.3) is 0 Å². The third-order valence-corrected chi connectivity index (χ3v) is 2.80. The van der Waals surface area contributed by atoms with Crippen molar-refractivity contribution < 1.29 is 5.11 Å². The fourth-order valence-electron chi connectivity index (χ4n) is 1.88. The van der Waals surface area contributed by atoms with E-state index in [-0.39, 0.29) is 6.10 Å². The van der Waals surface area contributed by atoms with Gasteiger partial charge in [-0.1, -0.05) is 26.7 Å². The molecule has 0 aliphatic carbocycles. The monoisotopic (exact) mass is 200 g/mol. The lowest BCUT2D eigenvalue weighted by molar-refractivity contribution is 0.121. The molecule has 0 amide bonds. The van der Waals surface area contributed by atoms with Crippen LogP contribution >= 0.6 is 0 Å². The predicted octanol–water partition coefficient (Wildman–Crippen LogP) is 0.877. The van der Waals surface area contributed by atoms with Crippen LogP contribution in [0.3, 0.4) is 0 Å². The van der Waals surface area contributed by atoms with E-state index in [1.54, 1.807) is 0 Å². The van der Waals surface area contributed by atoms with E-state index < -0.39 is 0 Å². The van der Waals surface area contributed by atoms with Crippen LogP contribution in [0.15, 0.2) is 0 Å². The van der Waals surface area contributed by atoms with Gasteiger partial charge in [-0.25, -0.2) is 0 Å². The van der Waals surface area contributed by atoms with Gasteiger partial charge in [0.05, 0.1) is 6.10 Å². The van der Waals surface area contributed by atoms with Crippen molar-refractivity contribution in [2.24, 2.45) is 0 Å². The largest absolute Gasteiger partial charge is 0.390 e. The van der Waals surface area contributed by atoms with Gasteiger partial charge in [0, 0.05) is 18.6 Å². The number of nitrogens with one attached hydrogen (secondary N) is 2. The lowest BCUT2D eigenvalue weighted by Crippen LogP contribution is -2.45. The number of aliphatic hydroxyl groups is 1. The molecule has 14 heavy (non-hydrogen) atoms. The number of rotatable bonds is 4. The van der Waals surface area contributed by atoms with Gasteiger partial charge >= 0.3 is 0 Å². The Morgan fingerprint density at radius 1 is 1.36 bits per heavy atom. The van der Waals surface area contributed by atoms with E-state index in [1.165, 1.54) is 19.3 Å². The van der Waals surface area contributed by atoms with E-state index in [9.17, 15) is 5.11 Å². The van der Waals surface area contributed by atoms with Crippen LogP contribution in [0.1, 0.15) is 39.5 Å². The maximum Gasteiger partial charge on any atom is 0.0817 e. The van der Waals surface area contributed by atoms with Crippen LogP contribution < -0.4 is 10.6 Å². The number of hydrogen-bond acceptors (Lipinski definition) is 3. The van der Waals surface area contributed by atoms with E-state index in [4.69, 9.17) is 0 Å². The molecule has 3 N–H and O–H groups in total. The maximum atomic E-state index is 9.92. The summed E-state index contributed by atoms with van der Waals surface area (Å²) in [5.74, 6) is 0. The standard InChI is InChI=1S/C11H24N2O/c1-9(2)13-8-11(14)10-6-4-3-5-7-12-10/h9-14H,3-8H2,1-2H3. The lowest BCUT2D eigenvalue weighted by Gasteiger charge is -2.23. The van der Waals surface area contributed by atoms with Gasteiger partial charge in [0.2, 0.25) is 0 Å². The normalized spacial score (nSPS) is 26.1. The van der Waals surface area contributed by atoms with E-state index >= 15 is 0 Å². The minimum Gasteiger partial charge on any atom is -0.390 e. The first kappa shape index (κ1) is 12.0. The van der Waals surface area contributed by atoms with Crippen molar-refractivity contribution in [1.82, 2.24) is 10.6 Å². The second kappa shape index (κ2) is 6.38. The van der Waals surface area contributed by atoms with Crippen LogP contribution in [0.4, 0.5) is 0 Å². The molecule has 1 saturated heterocycles. The summed E-state index contributed by atoms with van der Waals surface area (Å²) < 4.78 is 0. The Kier molecular flexibility index (Phi) is 5.45. The highest BCUT2D eigenvalue weighted by Crippen LogP contribution is 2.10. The lowest BCUT2D eigenvalue weighted by atomic mass is 10.1. The molecular weight excluding hydrogens is 176 g/mol. The molecule has 3 heteroatoms. The molecule has 3 nitrogen and oxygen atoms in total. The molecule has 1 heterocycles. The van der Waals surface area contributed by atoms with Crippen LogP contribution in [0, 0.1) is 0 Å². The summed E-state index contributed by atoms with van der Waals surface area (Å²) in [4.78, 5) is 0. The van der Waals surface area contributed by atoms with Crippen LogP contribution in [-0.4, -0.2) is 36.4 Å². The quantitative estimate of drug-likeness (QED) is 0.631. The average Bonchev–Trinajstić information content (AvgIpc) is 2.42. The number of aliphatic hydroxyl groups excluding tert-OH is 1. The van der Waals surface area contributed by atoms with Crippen molar-refractivity contribution in [3.63, 3.8) is 0 Å². The maximum absolute atomic E-state index is 9.92. The Hall–Kier alpha value is -0.120. The van der Waals surface area contributed by atoms with Crippen LogP contribution in [0.5, 0.6) is 0 Å². The molecule has 0 aromatic heterocycles. The van der Waals surface area contributed by atoms with E-state index in [0.717, 1.165) is 13.0 Å². The average molecular weight is 200 g/mol. The zero-order valence-electron chi connectivity index (χ0n) is 9.42. The molecule has 0 radical (unpaired) electrons. The van der Waals surface area contributed by atoms with Crippen molar-refractivity contribution in [3.05, 3.63) is 0 Å². The summed E-state index contributed by atoms with van der Waals surface area (Å²) in [6, 6.07) is 0.749. The van der Waals surface area contributed by atoms with Gasteiger partial charge in [0.1, 0.15) is 0 Å². The molecule has 1 aliphatic rings. The van der Waals surface area contributed by atoms with E-state index in [2.05, 4.69) is 24.5 Å². The summed E-state index contributed by atoms with van der Waals surface area (Å²) in [6.45, 7) is 5.97. The van der Waals surface area contributed by atoms with Gasteiger partial charge < -0.3 is 15.7 Å². The highest BCUT2D eigenvalue weighted by Gasteiger charge is 2.19. The smallest absolute Gasteiger partial charge is 0.0817 e. The summed E-state index contributed by atoms with van der Waals surface area (Å²) >= 11 is 0. The van der Waals surface area contributed by atoms with Gasteiger partial charge in [-0.15, -0.1) is 0 Å². The van der Waals surface area contributed by atoms with Crippen molar-refractivity contribution in [2.45, 2.75) is 57.7 Å². The first-order chi connectivity index (χ1) is 6.70. The minimum atomic E-state index is -0.240. The fourth-order valence-corrected chi connectivity index (χ4v) is 1.88. The number of hydrogen-bond donors (Lipinski definition) is 3. The Morgan fingerprint density at radius 2 is 2.14 bits per heavy atom. The van der Waals surface area contributed by atoms with Crippen LogP contribution in [-0.2, 0) is 0 Å². The summed E-state index contributed by atoms with van der Waals surface area (Å²) in [7, 11) is 0. The molecule has 0 aromatic carbocycles. The van der Waals surface area contributed by atoms with Crippen LogP contribution in [0.2, 0.25) is 0 Å².